The highest BCUT2D eigenvalue weighted by molar-refractivity contribution is 6.07. The zero-order valence-electron chi connectivity index (χ0n) is 18.7. The minimum Gasteiger partial charge on any atom is -0.322 e. The lowest BCUT2D eigenvalue weighted by molar-refractivity contribution is -0.137. The van der Waals surface area contributed by atoms with E-state index in [1.165, 1.54) is 17.0 Å². The number of fused-ring (bicyclic) bond motifs is 2. The first kappa shape index (κ1) is 23.0. The Morgan fingerprint density at radius 1 is 1.14 bits per heavy atom. The number of benzene rings is 2. The molecule has 1 atom stereocenters. The number of nitrogens with one attached hydrogen (secondary N) is 2. The zero-order valence-corrected chi connectivity index (χ0v) is 18.7. The van der Waals surface area contributed by atoms with Crippen molar-refractivity contribution in [3.8, 4) is 0 Å². The first-order chi connectivity index (χ1) is 16.8. The molecule has 2 amide bonds. The van der Waals surface area contributed by atoms with Gasteiger partial charge in [-0.25, -0.2) is 0 Å². The highest BCUT2D eigenvalue weighted by Gasteiger charge is 2.36. The Morgan fingerprint density at radius 3 is 2.77 bits per heavy atom. The van der Waals surface area contributed by atoms with E-state index in [-0.39, 0.29) is 24.1 Å². The fourth-order valence-corrected chi connectivity index (χ4v) is 4.64. The molecule has 35 heavy (non-hydrogen) atoms. The maximum Gasteiger partial charge on any atom is 0.416 e. The summed E-state index contributed by atoms with van der Waals surface area (Å²) in [5, 5.41) is 6.86. The standard InChI is InChI=1S/C26H23F3N4O2/c27-26(28,29)19-4-6-21-17(8-11-33(23(21)13-19)25(35)18-7-10-30-15-18)12-24(34)32-20-5-3-16-2-1-9-31-22(16)14-20/h1-6,9,12-14,18,30H,7-8,10-11,15H2,(H,32,34)/b17-12+. The molecule has 3 aromatic rings. The molecule has 9 heteroatoms. The molecule has 0 bridgehead atoms. The number of carbonyl (C=O) groups is 2. The second-order valence-corrected chi connectivity index (χ2v) is 8.73. The number of hydrogen-bond acceptors (Lipinski definition) is 4. The van der Waals surface area contributed by atoms with Gasteiger partial charge in [-0.3, -0.25) is 14.6 Å². The van der Waals surface area contributed by atoms with E-state index >= 15 is 0 Å². The zero-order chi connectivity index (χ0) is 24.6. The third-order valence-electron chi connectivity index (χ3n) is 6.42. The van der Waals surface area contributed by atoms with Gasteiger partial charge in [0.05, 0.1) is 22.7 Å². The molecule has 1 unspecified atom stereocenters. The van der Waals surface area contributed by atoms with Gasteiger partial charge in [0, 0.05) is 42.0 Å². The Morgan fingerprint density at radius 2 is 2.00 bits per heavy atom. The smallest absolute Gasteiger partial charge is 0.322 e. The van der Waals surface area contributed by atoms with Crippen LogP contribution in [0.3, 0.4) is 0 Å². The summed E-state index contributed by atoms with van der Waals surface area (Å²) >= 11 is 0. The van der Waals surface area contributed by atoms with Gasteiger partial charge in [0.15, 0.2) is 0 Å². The van der Waals surface area contributed by atoms with Crippen molar-refractivity contribution in [3.63, 3.8) is 0 Å². The van der Waals surface area contributed by atoms with Crippen LogP contribution in [0.1, 0.15) is 24.0 Å². The van der Waals surface area contributed by atoms with Crippen molar-refractivity contribution in [2.24, 2.45) is 5.92 Å². The van der Waals surface area contributed by atoms with Crippen LogP contribution in [0.4, 0.5) is 24.5 Å². The second kappa shape index (κ2) is 9.14. The molecule has 5 rings (SSSR count). The van der Waals surface area contributed by atoms with E-state index in [1.54, 1.807) is 18.3 Å². The summed E-state index contributed by atoms with van der Waals surface area (Å²) < 4.78 is 40.4. The summed E-state index contributed by atoms with van der Waals surface area (Å²) in [7, 11) is 0. The lowest BCUT2D eigenvalue weighted by atomic mass is 9.92. The normalized spacial score (nSPS) is 19.1. The van der Waals surface area contributed by atoms with Crippen molar-refractivity contribution in [2.75, 3.05) is 29.9 Å². The molecule has 1 fully saturated rings. The minimum atomic E-state index is -4.54. The highest BCUT2D eigenvalue weighted by atomic mass is 19.4. The van der Waals surface area contributed by atoms with E-state index in [1.807, 2.05) is 18.2 Å². The van der Waals surface area contributed by atoms with Crippen molar-refractivity contribution >= 4 is 39.7 Å². The lowest BCUT2D eigenvalue weighted by Crippen LogP contribution is -2.40. The molecule has 2 aliphatic rings. The largest absolute Gasteiger partial charge is 0.416 e. The molecule has 3 heterocycles. The van der Waals surface area contributed by atoms with E-state index in [0.29, 0.717) is 42.8 Å². The van der Waals surface area contributed by atoms with Gasteiger partial charge in [0.25, 0.3) is 0 Å². The van der Waals surface area contributed by atoms with Crippen LogP contribution in [-0.2, 0) is 15.8 Å². The summed E-state index contributed by atoms with van der Waals surface area (Å²) in [5.74, 6) is -0.864. The quantitative estimate of drug-likeness (QED) is 0.537. The fraction of sp³-hybridized carbons (Fsp3) is 0.269. The maximum absolute atomic E-state index is 13.5. The first-order valence-electron chi connectivity index (χ1n) is 11.4. The van der Waals surface area contributed by atoms with Crippen molar-refractivity contribution in [1.82, 2.24) is 10.3 Å². The average molecular weight is 480 g/mol. The van der Waals surface area contributed by atoms with Gasteiger partial charge in [-0.2, -0.15) is 13.2 Å². The number of nitrogens with zero attached hydrogens (tertiary/aromatic N) is 2. The number of amides is 2. The molecule has 180 valence electrons. The van der Waals surface area contributed by atoms with Gasteiger partial charge in [0.2, 0.25) is 11.8 Å². The molecule has 0 aliphatic carbocycles. The Hall–Kier alpha value is -3.72. The molecule has 2 N–H and O–H groups in total. The molecule has 1 aromatic heterocycles. The number of hydrogen-bond donors (Lipinski definition) is 2. The summed E-state index contributed by atoms with van der Waals surface area (Å²) in [4.78, 5) is 31.6. The second-order valence-electron chi connectivity index (χ2n) is 8.73. The van der Waals surface area contributed by atoms with Gasteiger partial charge >= 0.3 is 6.18 Å². The molecule has 2 aliphatic heterocycles. The van der Waals surface area contributed by atoms with Gasteiger partial charge in [0.1, 0.15) is 0 Å². The predicted octanol–water partition coefficient (Wildman–Crippen LogP) is 4.62. The summed E-state index contributed by atoms with van der Waals surface area (Å²) in [5.41, 5.74) is 1.70. The van der Waals surface area contributed by atoms with Crippen LogP contribution in [0.5, 0.6) is 0 Å². The van der Waals surface area contributed by atoms with E-state index in [9.17, 15) is 22.8 Å². The summed E-state index contributed by atoms with van der Waals surface area (Å²) in [6.07, 6.45) is -0.472. The monoisotopic (exact) mass is 480 g/mol. The van der Waals surface area contributed by atoms with Crippen molar-refractivity contribution < 1.29 is 22.8 Å². The number of aromatic nitrogens is 1. The Labute approximate surface area is 199 Å². The highest BCUT2D eigenvalue weighted by Crippen LogP contribution is 2.40. The average Bonchev–Trinajstić information content (AvgIpc) is 3.38. The molecular formula is C26H23F3N4O2. The van der Waals surface area contributed by atoms with Crippen LogP contribution >= 0.6 is 0 Å². The first-order valence-corrected chi connectivity index (χ1v) is 11.4. The number of pyridine rings is 1. The van der Waals surface area contributed by atoms with Crippen molar-refractivity contribution in [3.05, 3.63) is 71.9 Å². The molecular weight excluding hydrogens is 457 g/mol. The lowest BCUT2D eigenvalue weighted by Gasteiger charge is -2.33. The van der Waals surface area contributed by atoms with Crippen LogP contribution in [-0.4, -0.2) is 36.4 Å². The fourth-order valence-electron chi connectivity index (χ4n) is 4.64. The Bertz CT molecular complexity index is 1330. The van der Waals surface area contributed by atoms with Crippen LogP contribution in [0.15, 0.2) is 60.8 Å². The SMILES string of the molecule is O=C(/C=C1\CCN(C(=O)C2CCNC2)c2cc(C(F)(F)F)ccc21)Nc1ccc2cccnc2c1. The maximum atomic E-state index is 13.5. The molecule has 1 saturated heterocycles. The van der Waals surface area contributed by atoms with Gasteiger partial charge < -0.3 is 15.5 Å². The minimum absolute atomic E-state index is 0.192. The predicted molar refractivity (Wildman–Crippen MR) is 128 cm³/mol. The number of alkyl halides is 3. The van der Waals surface area contributed by atoms with Crippen LogP contribution in [0.2, 0.25) is 0 Å². The van der Waals surface area contributed by atoms with E-state index in [4.69, 9.17) is 0 Å². The number of rotatable bonds is 3. The third-order valence-corrected chi connectivity index (χ3v) is 6.42. The van der Waals surface area contributed by atoms with E-state index in [2.05, 4.69) is 15.6 Å². The summed E-state index contributed by atoms with van der Waals surface area (Å²) in [6.45, 7) is 1.42. The number of anilines is 2. The van der Waals surface area contributed by atoms with Gasteiger partial charge in [-0.05, 0) is 55.3 Å². The van der Waals surface area contributed by atoms with Crippen LogP contribution in [0, 0.1) is 5.92 Å². The van der Waals surface area contributed by atoms with E-state index in [0.717, 1.165) is 23.0 Å². The van der Waals surface area contributed by atoms with Crippen molar-refractivity contribution in [1.29, 1.82) is 0 Å². The number of halogens is 3. The van der Waals surface area contributed by atoms with Crippen LogP contribution in [0.25, 0.3) is 16.5 Å². The molecule has 2 aromatic carbocycles. The summed E-state index contributed by atoms with van der Waals surface area (Å²) in [6, 6.07) is 12.5. The van der Waals surface area contributed by atoms with E-state index < -0.39 is 17.6 Å². The topological polar surface area (TPSA) is 74.3 Å². The van der Waals surface area contributed by atoms with Crippen LogP contribution < -0.4 is 15.5 Å². The van der Waals surface area contributed by atoms with Gasteiger partial charge in [-0.1, -0.05) is 18.2 Å². The molecule has 6 nitrogen and oxygen atoms in total. The van der Waals surface area contributed by atoms with Crippen molar-refractivity contribution in [2.45, 2.75) is 19.0 Å². The Balaban J connectivity index is 1.45. The number of carbonyl (C=O) groups excluding carboxylic acids is 2. The molecule has 0 radical (unpaired) electrons. The van der Waals surface area contributed by atoms with Gasteiger partial charge in [-0.15, -0.1) is 0 Å². The molecule has 0 saturated carbocycles. The Kier molecular flexibility index (Phi) is 6.02. The molecule has 0 spiro atoms. The third kappa shape index (κ3) is 4.77.